The molecule has 5 rings (SSSR count). The van der Waals surface area contributed by atoms with Gasteiger partial charge in [-0.2, -0.15) is 5.10 Å². The van der Waals surface area contributed by atoms with Crippen LogP contribution in [0, 0.1) is 6.92 Å². The van der Waals surface area contributed by atoms with Crippen molar-refractivity contribution in [1.82, 2.24) is 24.6 Å². The maximum Gasteiger partial charge on any atom is 0.277 e. The highest BCUT2D eigenvalue weighted by Gasteiger charge is 2.25. The van der Waals surface area contributed by atoms with Crippen LogP contribution in [-0.4, -0.2) is 68.5 Å². The van der Waals surface area contributed by atoms with E-state index < -0.39 is 0 Å². The van der Waals surface area contributed by atoms with Gasteiger partial charge in [-0.25, -0.2) is 4.98 Å². The van der Waals surface area contributed by atoms with Gasteiger partial charge in [0.2, 0.25) is 5.91 Å². The summed E-state index contributed by atoms with van der Waals surface area (Å²) in [6, 6.07) is 14.5. The SMILES string of the molecule is Cc1nc(C(=O)Nc2ccc3nn(CC(=O)N4CCN(C(=O)c5ccccc5)CC4)cc3c2)co1. The monoisotopic (exact) mass is 472 g/mol. The van der Waals surface area contributed by atoms with Crippen molar-refractivity contribution in [3.05, 3.63) is 78.1 Å². The lowest BCUT2D eigenvalue weighted by Crippen LogP contribution is -2.51. The van der Waals surface area contributed by atoms with Crippen LogP contribution in [0.3, 0.4) is 0 Å². The van der Waals surface area contributed by atoms with Gasteiger partial charge in [0, 0.05) is 55.9 Å². The number of nitrogens with zero attached hydrogens (tertiary/aromatic N) is 5. The third-order valence-electron chi connectivity index (χ3n) is 5.90. The molecule has 1 fully saturated rings. The van der Waals surface area contributed by atoms with E-state index in [0.717, 1.165) is 5.39 Å². The van der Waals surface area contributed by atoms with Gasteiger partial charge in [-0.1, -0.05) is 18.2 Å². The number of oxazole rings is 1. The largest absolute Gasteiger partial charge is 0.448 e. The first kappa shape index (κ1) is 22.3. The molecule has 1 N–H and O–H groups in total. The van der Waals surface area contributed by atoms with Crippen LogP contribution in [0.15, 0.2) is 65.4 Å². The molecule has 1 aliphatic rings. The molecule has 178 valence electrons. The maximum absolute atomic E-state index is 12.9. The number of piperazine rings is 1. The summed E-state index contributed by atoms with van der Waals surface area (Å²) < 4.78 is 6.68. The van der Waals surface area contributed by atoms with Crippen LogP contribution in [0.1, 0.15) is 26.7 Å². The Morgan fingerprint density at radius 1 is 1.00 bits per heavy atom. The average molecular weight is 473 g/mol. The predicted molar refractivity (Wildman–Crippen MR) is 128 cm³/mol. The summed E-state index contributed by atoms with van der Waals surface area (Å²) in [5, 5.41) is 8.06. The Kier molecular flexibility index (Phi) is 6.01. The third kappa shape index (κ3) is 4.91. The van der Waals surface area contributed by atoms with E-state index in [-0.39, 0.29) is 30.0 Å². The van der Waals surface area contributed by atoms with Gasteiger partial charge in [0.25, 0.3) is 11.8 Å². The number of amides is 3. The molecule has 35 heavy (non-hydrogen) atoms. The molecule has 0 bridgehead atoms. The zero-order chi connectivity index (χ0) is 24.4. The van der Waals surface area contributed by atoms with E-state index in [9.17, 15) is 14.4 Å². The average Bonchev–Trinajstić information content (AvgIpc) is 3.49. The summed E-state index contributed by atoms with van der Waals surface area (Å²) in [6.45, 7) is 3.72. The summed E-state index contributed by atoms with van der Waals surface area (Å²) in [6.07, 6.45) is 3.09. The fourth-order valence-corrected chi connectivity index (χ4v) is 4.06. The lowest BCUT2D eigenvalue weighted by Gasteiger charge is -2.34. The second-order valence-electron chi connectivity index (χ2n) is 8.35. The van der Waals surface area contributed by atoms with E-state index in [1.54, 1.807) is 57.9 Å². The van der Waals surface area contributed by atoms with E-state index >= 15 is 0 Å². The molecule has 1 aliphatic heterocycles. The van der Waals surface area contributed by atoms with E-state index in [1.807, 2.05) is 18.2 Å². The highest BCUT2D eigenvalue weighted by atomic mass is 16.3. The predicted octanol–water partition coefficient (Wildman–Crippen LogP) is 2.57. The van der Waals surface area contributed by atoms with Crippen LogP contribution in [0.4, 0.5) is 5.69 Å². The summed E-state index contributed by atoms with van der Waals surface area (Å²) in [4.78, 5) is 45.3. The molecule has 4 aromatic rings. The number of nitrogens with one attached hydrogen (secondary N) is 1. The third-order valence-corrected chi connectivity index (χ3v) is 5.90. The Labute approximate surface area is 201 Å². The molecule has 3 amide bonds. The fourth-order valence-electron chi connectivity index (χ4n) is 4.06. The van der Waals surface area contributed by atoms with Crippen LogP contribution in [0.25, 0.3) is 10.9 Å². The van der Waals surface area contributed by atoms with Crippen molar-refractivity contribution in [1.29, 1.82) is 0 Å². The molecule has 3 heterocycles. The Morgan fingerprint density at radius 2 is 1.74 bits per heavy atom. The summed E-state index contributed by atoms with van der Waals surface area (Å²) in [5.74, 6) is -0.0217. The van der Waals surface area contributed by atoms with Gasteiger partial charge in [-0.3, -0.25) is 19.1 Å². The van der Waals surface area contributed by atoms with Crippen molar-refractivity contribution in [3.8, 4) is 0 Å². The van der Waals surface area contributed by atoms with Gasteiger partial charge in [-0.05, 0) is 30.3 Å². The van der Waals surface area contributed by atoms with Crippen LogP contribution in [0.2, 0.25) is 0 Å². The Bertz CT molecular complexity index is 1390. The normalized spacial score (nSPS) is 13.7. The second kappa shape index (κ2) is 9.41. The standard InChI is InChI=1S/C25H24N6O4/c1-17-26-22(16-35-17)24(33)27-20-7-8-21-19(13-20)14-31(28-21)15-23(32)29-9-11-30(12-10-29)25(34)18-5-3-2-4-6-18/h2-8,13-14,16H,9-12,15H2,1H3,(H,27,33). The van der Waals surface area contributed by atoms with Crippen LogP contribution in [-0.2, 0) is 11.3 Å². The van der Waals surface area contributed by atoms with E-state index in [0.29, 0.717) is 48.8 Å². The molecule has 10 heteroatoms. The maximum atomic E-state index is 12.9. The Hall–Kier alpha value is -4.47. The molecular formula is C25H24N6O4. The Morgan fingerprint density at radius 3 is 2.46 bits per heavy atom. The number of carbonyl (C=O) groups is 3. The number of carbonyl (C=O) groups excluding carboxylic acids is 3. The topological polar surface area (TPSA) is 114 Å². The van der Waals surface area contributed by atoms with Gasteiger partial charge in [0.05, 0.1) is 5.52 Å². The number of hydrogen-bond acceptors (Lipinski definition) is 6. The van der Waals surface area contributed by atoms with Crippen molar-refractivity contribution in [3.63, 3.8) is 0 Å². The molecule has 10 nitrogen and oxygen atoms in total. The number of anilines is 1. The van der Waals surface area contributed by atoms with Crippen molar-refractivity contribution < 1.29 is 18.8 Å². The van der Waals surface area contributed by atoms with Gasteiger partial charge < -0.3 is 19.5 Å². The number of fused-ring (bicyclic) bond motifs is 1. The first-order valence-electron chi connectivity index (χ1n) is 11.3. The number of hydrogen-bond donors (Lipinski definition) is 1. The minimum absolute atomic E-state index is 0.0161. The highest BCUT2D eigenvalue weighted by molar-refractivity contribution is 6.03. The van der Waals surface area contributed by atoms with E-state index in [4.69, 9.17) is 4.42 Å². The number of benzene rings is 2. The Balaban J connectivity index is 1.18. The first-order valence-corrected chi connectivity index (χ1v) is 11.3. The molecule has 0 atom stereocenters. The van der Waals surface area contributed by atoms with Crippen molar-refractivity contribution in [2.45, 2.75) is 13.5 Å². The molecule has 0 saturated carbocycles. The summed E-state index contributed by atoms with van der Waals surface area (Å²) in [5.41, 5.74) is 2.16. The molecule has 2 aromatic heterocycles. The molecular weight excluding hydrogens is 448 g/mol. The van der Waals surface area contributed by atoms with Crippen molar-refractivity contribution in [2.75, 3.05) is 31.5 Å². The zero-order valence-electron chi connectivity index (χ0n) is 19.2. The van der Waals surface area contributed by atoms with Gasteiger partial charge in [0.15, 0.2) is 11.6 Å². The summed E-state index contributed by atoms with van der Waals surface area (Å²) >= 11 is 0. The van der Waals surface area contributed by atoms with Crippen LogP contribution < -0.4 is 5.32 Å². The highest BCUT2D eigenvalue weighted by Crippen LogP contribution is 2.19. The second-order valence-corrected chi connectivity index (χ2v) is 8.35. The number of rotatable bonds is 5. The molecule has 0 spiro atoms. The number of aryl methyl sites for hydroxylation is 1. The molecule has 0 aliphatic carbocycles. The first-order chi connectivity index (χ1) is 17.0. The van der Waals surface area contributed by atoms with Crippen LogP contribution >= 0.6 is 0 Å². The smallest absolute Gasteiger partial charge is 0.277 e. The molecule has 0 radical (unpaired) electrons. The molecule has 1 saturated heterocycles. The van der Waals surface area contributed by atoms with Gasteiger partial charge in [-0.15, -0.1) is 0 Å². The quantitative estimate of drug-likeness (QED) is 0.478. The lowest BCUT2D eigenvalue weighted by atomic mass is 10.2. The van der Waals surface area contributed by atoms with Gasteiger partial charge >= 0.3 is 0 Å². The number of aromatic nitrogens is 3. The fraction of sp³-hybridized carbons (Fsp3) is 0.240. The van der Waals surface area contributed by atoms with Gasteiger partial charge in [0.1, 0.15) is 12.8 Å². The lowest BCUT2D eigenvalue weighted by molar-refractivity contribution is -0.133. The zero-order valence-corrected chi connectivity index (χ0v) is 19.2. The molecule has 0 unspecified atom stereocenters. The van der Waals surface area contributed by atoms with E-state index in [2.05, 4.69) is 15.4 Å². The molecule has 2 aromatic carbocycles. The van der Waals surface area contributed by atoms with Crippen molar-refractivity contribution in [2.24, 2.45) is 0 Å². The minimum Gasteiger partial charge on any atom is -0.448 e. The minimum atomic E-state index is -0.367. The van der Waals surface area contributed by atoms with Crippen molar-refractivity contribution >= 4 is 34.3 Å². The van der Waals surface area contributed by atoms with Crippen LogP contribution in [0.5, 0.6) is 0 Å². The summed E-state index contributed by atoms with van der Waals surface area (Å²) in [7, 11) is 0. The van der Waals surface area contributed by atoms with E-state index in [1.165, 1.54) is 6.26 Å².